The van der Waals surface area contributed by atoms with E-state index in [1.165, 1.54) is 7.11 Å². The number of nitrogens with zero attached hydrogens (tertiary/aromatic N) is 1. The first-order valence-corrected chi connectivity index (χ1v) is 8.48. The fraction of sp³-hybridized carbons (Fsp3) is 0.190. The van der Waals surface area contributed by atoms with Crippen molar-refractivity contribution in [1.82, 2.24) is 10.3 Å². The van der Waals surface area contributed by atoms with Crippen LogP contribution in [0.4, 0.5) is 0 Å². The van der Waals surface area contributed by atoms with Gasteiger partial charge in [0, 0.05) is 11.8 Å². The SMILES string of the molecule is COC(=O)[C@H](Cc1ccc(OC)cc1)NC(=O)c1ccc2ccccc2n1. The molecule has 0 fully saturated rings. The summed E-state index contributed by atoms with van der Waals surface area (Å²) in [5.74, 6) is -0.220. The minimum atomic E-state index is -0.816. The first kappa shape index (κ1) is 18.4. The molecule has 0 aliphatic heterocycles. The Kier molecular flexibility index (Phi) is 5.66. The molecule has 0 bridgehead atoms. The van der Waals surface area contributed by atoms with Gasteiger partial charge in [0.25, 0.3) is 5.91 Å². The van der Waals surface area contributed by atoms with Gasteiger partial charge in [0.15, 0.2) is 0 Å². The zero-order chi connectivity index (χ0) is 19.2. The summed E-state index contributed by atoms with van der Waals surface area (Å²) in [6, 6.07) is 17.5. The lowest BCUT2D eigenvalue weighted by atomic mass is 10.1. The van der Waals surface area contributed by atoms with Crippen molar-refractivity contribution in [2.75, 3.05) is 14.2 Å². The minimum absolute atomic E-state index is 0.248. The molecule has 0 unspecified atom stereocenters. The summed E-state index contributed by atoms with van der Waals surface area (Å²) in [5.41, 5.74) is 1.84. The van der Waals surface area contributed by atoms with Crippen LogP contribution in [0.25, 0.3) is 10.9 Å². The van der Waals surface area contributed by atoms with Gasteiger partial charge in [0.2, 0.25) is 0 Å². The van der Waals surface area contributed by atoms with Crippen molar-refractivity contribution >= 4 is 22.8 Å². The Morgan fingerprint density at radius 2 is 1.74 bits per heavy atom. The van der Waals surface area contributed by atoms with Crippen LogP contribution in [-0.2, 0) is 16.0 Å². The summed E-state index contributed by atoms with van der Waals surface area (Å²) in [5, 5.41) is 3.66. The molecule has 138 valence electrons. The molecular formula is C21H20N2O4. The molecule has 0 saturated carbocycles. The van der Waals surface area contributed by atoms with E-state index in [2.05, 4.69) is 10.3 Å². The largest absolute Gasteiger partial charge is 0.497 e. The van der Waals surface area contributed by atoms with Crippen molar-refractivity contribution in [3.63, 3.8) is 0 Å². The average molecular weight is 364 g/mol. The Morgan fingerprint density at radius 3 is 2.44 bits per heavy atom. The molecule has 6 heteroatoms. The number of carbonyl (C=O) groups is 2. The van der Waals surface area contributed by atoms with E-state index >= 15 is 0 Å². The van der Waals surface area contributed by atoms with Gasteiger partial charge >= 0.3 is 5.97 Å². The van der Waals surface area contributed by atoms with Gasteiger partial charge in [0.05, 0.1) is 19.7 Å². The number of esters is 1. The summed E-state index contributed by atoms with van der Waals surface area (Å²) in [4.78, 5) is 29.1. The van der Waals surface area contributed by atoms with Crippen LogP contribution >= 0.6 is 0 Å². The van der Waals surface area contributed by atoms with Gasteiger partial charge in [-0.05, 0) is 29.8 Å². The Hall–Kier alpha value is -3.41. The second kappa shape index (κ2) is 8.31. The molecule has 2 aromatic carbocycles. The van der Waals surface area contributed by atoms with Crippen molar-refractivity contribution in [1.29, 1.82) is 0 Å². The normalized spacial score (nSPS) is 11.6. The van der Waals surface area contributed by atoms with E-state index in [1.807, 2.05) is 42.5 Å². The zero-order valence-corrected chi connectivity index (χ0v) is 15.1. The van der Waals surface area contributed by atoms with E-state index in [1.54, 1.807) is 25.3 Å². The van der Waals surface area contributed by atoms with Gasteiger partial charge < -0.3 is 14.8 Å². The summed E-state index contributed by atoms with van der Waals surface area (Å²) in [6.45, 7) is 0. The molecule has 3 rings (SSSR count). The zero-order valence-electron chi connectivity index (χ0n) is 15.1. The number of methoxy groups -OCH3 is 2. The van der Waals surface area contributed by atoms with E-state index in [-0.39, 0.29) is 5.69 Å². The smallest absolute Gasteiger partial charge is 0.328 e. The second-order valence-electron chi connectivity index (χ2n) is 5.99. The Labute approximate surface area is 157 Å². The van der Waals surface area contributed by atoms with Gasteiger partial charge in [0.1, 0.15) is 17.5 Å². The highest BCUT2D eigenvalue weighted by atomic mass is 16.5. The quantitative estimate of drug-likeness (QED) is 0.681. The molecule has 0 aliphatic carbocycles. The van der Waals surface area contributed by atoms with Crippen LogP contribution in [-0.4, -0.2) is 37.1 Å². The van der Waals surface area contributed by atoms with Crippen LogP contribution in [0, 0.1) is 0 Å². The number of carbonyl (C=O) groups excluding carboxylic acids is 2. The third-order valence-corrected chi connectivity index (χ3v) is 4.22. The number of benzene rings is 2. The number of fused-ring (bicyclic) bond motifs is 1. The van der Waals surface area contributed by atoms with E-state index in [0.29, 0.717) is 6.42 Å². The molecule has 0 saturated heterocycles. The molecule has 1 amide bonds. The number of para-hydroxylation sites is 1. The van der Waals surface area contributed by atoms with Gasteiger partial charge in [-0.15, -0.1) is 0 Å². The van der Waals surface area contributed by atoms with Crippen molar-refractivity contribution in [3.8, 4) is 5.75 Å². The maximum atomic E-state index is 12.6. The van der Waals surface area contributed by atoms with Crippen LogP contribution in [0.15, 0.2) is 60.7 Å². The Balaban J connectivity index is 1.77. The Morgan fingerprint density at radius 1 is 1.00 bits per heavy atom. The molecule has 1 atom stereocenters. The number of hydrogen-bond acceptors (Lipinski definition) is 5. The van der Waals surface area contributed by atoms with Gasteiger partial charge in [-0.25, -0.2) is 9.78 Å². The summed E-state index contributed by atoms with van der Waals surface area (Å²) in [7, 11) is 2.88. The van der Waals surface area contributed by atoms with Crippen LogP contribution in [0.1, 0.15) is 16.1 Å². The van der Waals surface area contributed by atoms with Crippen molar-refractivity contribution < 1.29 is 19.1 Å². The predicted molar refractivity (Wildman–Crippen MR) is 102 cm³/mol. The van der Waals surface area contributed by atoms with Crippen LogP contribution in [0.5, 0.6) is 5.75 Å². The number of pyridine rings is 1. The molecule has 0 radical (unpaired) electrons. The van der Waals surface area contributed by atoms with Crippen LogP contribution in [0.3, 0.4) is 0 Å². The van der Waals surface area contributed by atoms with Crippen molar-refractivity contribution in [2.24, 2.45) is 0 Å². The number of nitrogens with one attached hydrogen (secondary N) is 1. The first-order chi connectivity index (χ1) is 13.1. The topological polar surface area (TPSA) is 77.5 Å². The van der Waals surface area contributed by atoms with Crippen molar-refractivity contribution in [3.05, 3.63) is 71.9 Å². The molecule has 1 N–H and O–H groups in total. The number of ether oxygens (including phenoxy) is 2. The van der Waals surface area contributed by atoms with E-state index in [0.717, 1.165) is 22.2 Å². The molecule has 3 aromatic rings. The summed E-state index contributed by atoms with van der Waals surface area (Å²) in [6.07, 6.45) is 0.302. The van der Waals surface area contributed by atoms with Crippen molar-refractivity contribution in [2.45, 2.75) is 12.5 Å². The standard InChI is InChI=1S/C21H20N2O4/c1-26-16-10-7-14(8-11-16)13-19(21(25)27-2)23-20(24)18-12-9-15-5-3-4-6-17(15)22-18/h3-12,19H,13H2,1-2H3,(H,23,24)/t19-/m0/s1. The highest BCUT2D eigenvalue weighted by Crippen LogP contribution is 2.14. The number of amides is 1. The lowest BCUT2D eigenvalue weighted by molar-refractivity contribution is -0.142. The van der Waals surface area contributed by atoms with E-state index in [4.69, 9.17) is 9.47 Å². The maximum absolute atomic E-state index is 12.6. The number of hydrogen-bond donors (Lipinski definition) is 1. The monoisotopic (exact) mass is 364 g/mol. The van der Waals surface area contributed by atoms with Gasteiger partial charge in [-0.3, -0.25) is 4.79 Å². The van der Waals surface area contributed by atoms with Gasteiger partial charge in [-0.1, -0.05) is 36.4 Å². The summed E-state index contributed by atoms with van der Waals surface area (Å²) < 4.78 is 9.97. The Bertz CT molecular complexity index is 954. The third-order valence-electron chi connectivity index (χ3n) is 4.22. The first-order valence-electron chi connectivity index (χ1n) is 8.48. The molecule has 27 heavy (non-hydrogen) atoms. The fourth-order valence-corrected chi connectivity index (χ4v) is 2.76. The molecular weight excluding hydrogens is 344 g/mol. The average Bonchev–Trinajstić information content (AvgIpc) is 2.72. The lowest BCUT2D eigenvalue weighted by Crippen LogP contribution is -2.43. The van der Waals surface area contributed by atoms with Crippen LogP contribution in [0.2, 0.25) is 0 Å². The molecule has 6 nitrogen and oxygen atoms in total. The van der Waals surface area contributed by atoms with Crippen LogP contribution < -0.4 is 10.1 Å². The fourth-order valence-electron chi connectivity index (χ4n) is 2.76. The molecule has 1 heterocycles. The van der Waals surface area contributed by atoms with Gasteiger partial charge in [-0.2, -0.15) is 0 Å². The van der Waals surface area contributed by atoms with E-state index in [9.17, 15) is 9.59 Å². The molecule has 1 aromatic heterocycles. The molecule has 0 spiro atoms. The maximum Gasteiger partial charge on any atom is 0.328 e. The lowest BCUT2D eigenvalue weighted by Gasteiger charge is -2.16. The minimum Gasteiger partial charge on any atom is -0.497 e. The number of rotatable bonds is 6. The number of aromatic nitrogens is 1. The second-order valence-corrected chi connectivity index (χ2v) is 5.99. The third kappa shape index (κ3) is 4.41. The molecule has 0 aliphatic rings. The van der Waals surface area contributed by atoms with E-state index < -0.39 is 17.9 Å². The summed E-state index contributed by atoms with van der Waals surface area (Å²) >= 11 is 0. The predicted octanol–water partition coefficient (Wildman–Crippen LogP) is 2.76. The highest BCUT2D eigenvalue weighted by molar-refractivity contribution is 5.97. The highest BCUT2D eigenvalue weighted by Gasteiger charge is 2.23.